The lowest BCUT2D eigenvalue weighted by atomic mass is 10.1. The molecule has 2 N–H and O–H groups in total. The van der Waals surface area contributed by atoms with Gasteiger partial charge in [0.2, 0.25) is 10.0 Å². The molecule has 1 amide bonds. The Bertz CT molecular complexity index is 1170. The Morgan fingerprint density at radius 1 is 1.09 bits per heavy atom. The number of benzene rings is 2. The molecule has 9 heteroatoms. The Labute approximate surface area is 195 Å². The van der Waals surface area contributed by atoms with Gasteiger partial charge >= 0.3 is 0 Å². The fourth-order valence-corrected chi connectivity index (χ4v) is 4.71. The molecular weight excluding hydrogens is 438 g/mol. The number of sulfonamides is 1. The van der Waals surface area contributed by atoms with Crippen molar-refractivity contribution in [3.63, 3.8) is 0 Å². The van der Waals surface area contributed by atoms with Crippen LogP contribution in [0.1, 0.15) is 35.3 Å². The minimum absolute atomic E-state index is 0.0843. The SMILES string of the molecule is CCN(CC)CCn1cc(NC(=O)c2ccc(C)c(S(=O)(=O)NCc3ccccc3)c2)cn1. The summed E-state index contributed by atoms with van der Waals surface area (Å²) in [6.07, 6.45) is 3.36. The summed E-state index contributed by atoms with van der Waals surface area (Å²) in [7, 11) is -3.79. The van der Waals surface area contributed by atoms with E-state index in [1.807, 2.05) is 30.3 Å². The van der Waals surface area contributed by atoms with Gasteiger partial charge in [-0.05, 0) is 43.3 Å². The first kappa shape index (κ1) is 24.6. The number of amides is 1. The Balaban J connectivity index is 1.68. The largest absolute Gasteiger partial charge is 0.319 e. The fraction of sp³-hybridized carbons (Fsp3) is 0.333. The lowest BCUT2D eigenvalue weighted by molar-refractivity contribution is 0.102. The standard InChI is InChI=1S/C24H31N5O3S/c1-4-28(5-2)13-14-29-18-22(17-25-29)27-24(30)21-12-11-19(3)23(15-21)33(31,32)26-16-20-9-7-6-8-10-20/h6-12,15,17-18,26H,4-5,13-14,16H2,1-3H3,(H,27,30). The number of nitrogens with zero attached hydrogens (tertiary/aromatic N) is 3. The third-order valence-electron chi connectivity index (χ3n) is 5.48. The molecule has 3 rings (SSSR count). The van der Waals surface area contributed by atoms with E-state index in [0.29, 0.717) is 11.3 Å². The van der Waals surface area contributed by atoms with Gasteiger partial charge in [-0.3, -0.25) is 9.48 Å². The van der Waals surface area contributed by atoms with Gasteiger partial charge in [-0.15, -0.1) is 0 Å². The van der Waals surface area contributed by atoms with Crippen LogP contribution in [-0.4, -0.2) is 48.6 Å². The Morgan fingerprint density at radius 3 is 2.52 bits per heavy atom. The molecular formula is C24H31N5O3S. The van der Waals surface area contributed by atoms with E-state index in [-0.39, 0.29) is 17.0 Å². The average Bonchev–Trinajstić information content (AvgIpc) is 3.26. The number of rotatable bonds is 11. The van der Waals surface area contributed by atoms with E-state index < -0.39 is 15.9 Å². The highest BCUT2D eigenvalue weighted by Crippen LogP contribution is 2.19. The van der Waals surface area contributed by atoms with Gasteiger partial charge in [-0.1, -0.05) is 50.2 Å². The number of likely N-dealkylation sites (N-methyl/N-ethyl adjacent to an activating group) is 1. The minimum atomic E-state index is -3.79. The maximum absolute atomic E-state index is 12.9. The summed E-state index contributed by atoms with van der Waals surface area (Å²) in [5.41, 5.74) is 2.24. The fourth-order valence-electron chi connectivity index (χ4n) is 3.42. The number of hydrogen-bond donors (Lipinski definition) is 2. The van der Waals surface area contributed by atoms with E-state index in [1.54, 1.807) is 36.1 Å². The van der Waals surface area contributed by atoms with Crippen molar-refractivity contribution in [2.75, 3.05) is 25.0 Å². The number of aromatic nitrogens is 2. The summed E-state index contributed by atoms with van der Waals surface area (Å²) >= 11 is 0. The molecule has 1 aromatic heterocycles. The van der Waals surface area contributed by atoms with Crippen molar-refractivity contribution in [2.24, 2.45) is 0 Å². The summed E-state index contributed by atoms with van der Waals surface area (Å²) in [6.45, 7) is 9.65. The molecule has 2 aromatic carbocycles. The van der Waals surface area contributed by atoms with E-state index in [9.17, 15) is 13.2 Å². The number of carbonyl (C=O) groups excluding carboxylic acids is 1. The van der Waals surface area contributed by atoms with Crippen LogP contribution in [-0.2, 0) is 23.1 Å². The molecule has 0 aliphatic rings. The Morgan fingerprint density at radius 2 is 1.82 bits per heavy atom. The van der Waals surface area contributed by atoms with Gasteiger partial charge in [0, 0.05) is 24.8 Å². The van der Waals surface area contributed by atoms with Crippen molar-refractivity contribution in [1.29, 1.82) is 0 Å². The lowest BCUT2D eigenvalue weighted by Gasteiger charge is -2.17. The van der Waals surface area contributed by atoms with E-state index in [4.69, 9.17) is 0 Å². The first-order valence-electron chi connectivity index (χ1n) is 11.0. The van der Waals surface area contributed by atoms with Gasteiger partial charge in [-0.25, -0.2) is 13.1 Å². The second-order valence-electron chi connectivity index (χ2n) is 7.76. The highest BCUT2D eigenvalue weighted by Gasteiger charge is 2.19. The highest BCUT2D eigenvalue weighted by atomic mass is 32.2. The third-order valence-corrected chi connectivity index (χ3v) is 7.02. The van der Waals surface area contributed by atoms with Gasteiger partial charge < -0.3 is 10.2 Å². The summed E-state index contributed by atoms with van der Waals surface area (Å²) in [5.74, 6) is -0.391. The number of carbonyl (C=O) groups is 1. The number of anilines is 1. The first-order valence-corrected chi connectivity index (χ1v) is 12.5. The predicted molar refractivity (Wildman–Crippen MR) is 130 cm³/mol. The van der Waals surface area contributed by atoms with Crippen LogP contribution in [0.25, 0.3) is 0 Å². The quantitative estimate of drug-likeness (QED) is 0.449. The molecule has 0 atom stereocenters. The van der Waals surface area contributed by atoms with E-state index >= 15 is 0 Å². The molecule has 8 nitrogen and oxygen atoms in total. The van der Waals surface area contributed by atoms with E-state index in [0.717, 1.165) is 31.7 Å². The maximum Gasteiger partial charge on any atom is 0.255 e. The van der Waals surface area contributed by atoms with Gasteiger partial charge in [0.1, 0.15) is 0 Å². The second-order valence-corrected chi connectivity index (χ2v) is 9.50. The second kappa shape index (κ2) is 11.2. The molecule has 0 spiro atoms. The number of aryl methyl sites for hydroxylation is 1. The molecule has 176 valence electrons. The zero-order chi connectivity index (χ0) is 23.8. The topological polar surface area (TPSA) is 96.3 Å². The summed E-state index contributed by atoms with van der Waals surface area (Å²) in [4.78, 5) is 15.2. The summed E-state index contributed by atoms with van der Waals surface area (Å²) in [6, 6.07) is 13.9. The Kier molecular flexibility index (Phi) is 8.37. The molecule has 1 heterocycles. The predicted octanol–water partition coefficient (Wildman–Crippen LogP) is 3.26. The minimum Gasteiger partial charge on any atom is -0.319 e. The highest BCUT2D eigenvalue weighted by molar-refractivity contribution is 7.89. The van der Waals surface area contributed by atoms with Crippen molar-refractivity contribution in [1.82, 2.24) is 19.4 Å². The Hall–Kier alpha value is -3.01. The van der Waals surface area contributed by atoms with Gasteiger partial charge in [-0.2, -0.15) is 5.10 Å². The molecule has 3 aromatic rings. The van der Waals surface area contributed by atoms with Crippen molar-refractivity contribution in [2.45, 2.75) is 38.8 Å². The molecule has 0 saturated heterocycles. The van der Waals surface area contributed by atoms with Gasteiger partial charge in [0.05, 0.1) is 23.3 Å². The van der Waals surface area contributed by atoms with Crippen LogP contribution in [0.2, 0.25) is 0 Å². The number of hydrogen-bond acceptors (Lipinski definition) is 5. The summed E-state index contributed by atoms with van der Waals surface area (Å²) in [5, 5.41) is 7.10. The van der Waals surface area contributed by atoms with Crippen LogP contribution < -0.4 is 10.0 Å². The van der Waals surface area contributed by atoms with Gasteiger partial charge in [0.15, 0.2) is 0 Å². The molecule has 0 bridgehead atoms. The molecule has 33 heavy (non-hydrogen) atoms. The molecule has 0 radical (unpaired) electrons. The van der Waals surface area contributed by atoms with Crippen LogP contribution in [0.3, 0.4) is 0 Å². The molecule has 0 unspecified atom stereocenters. The van der Waals surface area contributed by atoms with Crippen molar-refractivity contribution < 1.29 is 13.2 Å². The maximum atomic E-state index is 12.9. The zero-order valence-electron chi connectivity index (χ0n) is 19.3. The number of nitrogens with one attached hydrogen (secondary N) is 2. The van der Waals surface area contributed by atoms with Crippen LogP contribution in [0.15, 0.2) is 65.8 Å². The van der Waals surface area contributed by atoms with Crippen molar-refractivity contribution in [3.05, 3.63) is 77.6 Å². The van der Waals surface area contributed by atoms with E-state index in [1.165, 1.54) is 6.07 Å². The molecule has 0 aliphatic heterocycles. The monoisotopic (exact) mass is 469 g/mol. The third kappa shape index (κ3) is 6.74. The molecule has 0 aliphatic carbocycles. The molecule has 0 saturated carbocycles. The van der Waals surface area contributed by atoms with Crippen molar-refractivity contribution >= 4 is 21.6 Å². The molecule has 0 fully saturated rings. The zero-order valence-corrected chi connectivity index (χ0v) is 20.1. The summed E-state index contributed by atoms with van der Waals surface area (Å²) < 4.78 is 30.1. The van der Waals surface area contributed by atoms with Crippen LogP contribution in [0.4, 0.5) is 5.69 Å². The van der Waals surface area contributed by atoms with Crippen LogP contribution in [0.5, 0.6) is 0 Å². The van der Waals surface area contributed by atoms with Crippen LogP contribution >= 0.6 is 0 Å². The average molecular weight is 470 g/mol. The first-order chi connectivity index (χ1) is 15.8. The lowest BCUT2D eigenvalue weighted by Crippen LogP contribution is -2.27. The van der Waals surface area contributed by atoms with Crippen LogP contribution in [0, 0.1) is 6.92 Å². The van der Waals surface area contributed by atoms with E-state index in [2.05, 4.69) is 33.9 Å². The van der Waals surface area contributed by atoms with Crippen molar-refractivity contribution in [3.8, 4) is 0 Å². The normalized spacial score (nSPS) is 11.6. The smallest absolute Gasteiger partial charge is 0.255 e. The van der Waals surface area contributed by atoms with Gasteiger partial charge in [0.25, 0.3) is 5.91 Å².